The van der Waals surface area contributed by atoms with E-state index < -0.39 is 0 Å². The number of hydrogen-bond donors (Lipinski definition) is 0. The molecule has 0 aliphatic heterocycles. The van der Waals surface area contributed by atoms with E-state index in [0.717, 1.165) is 11.1 Å². The standard InChI is InChI=1S/C13H9ClO2/c1-8-6-9(14)2-4-11(8)12-7-10(15)3-5-13(12)16/h2-7H,1H3. The third kappa shape index (κ3) is 1.97. The smallest absolute Gasteiger partial charge is 0.186 e. The van der Waals surface area contributed by atoms with E-state index >= 15 is 0 Å². The van der Waals surface area contributed by atoms with E-state index in [2.05, 4.69) is 0 Å². The third-order valence-electron chi connectivity index (χ3n) is 2.43. The number of halogens is 1. The van der Waals surface area contributed by atoms with E-state index in [9.17, 15) is 9.59 Å². The largest absolute Gasteiger partial charge is 0.290 e. The quantitative estimate of drug-likeness (QED) is 0.698. The van der Waals surface area contributed by atoms with E-state index in [4.69, 9.17) is 11.6 Å². The van der Waals surface area contributed by atoms with Crippen molar-refractivity contribution in [2.24, 2.45) is 0 Å². The van der Waals surface area contributed by atoms with Gasteiger partial charge in [0.2, 0.25) is 0 Å². The van der Waals surface area contributed by atoms with Gasteiger partial charge in [-0.1, -0.05) is 17.7 Å². The van der Waals surface area contributed by atoms with Crippen LogP contribution in [0, 0.1) is 6.92 Å². The molecule has 0 fully saturated rings. The number of allylic oxidation sites excluding steroid dienone is 4. The Morgan fingerprint density at radius 1 is 1.12 bits per heavy atom. The van der Waals surface area contributed by atoms with Crippen LogP contribution in [0.3, 0.4) is 0 Å². The molecule has 0 N–H and O–H groups in total. The molecule has 0 saturated carbocycles. The third-order valence-corrected chi connectivity index (χ3v) is 2.66. The second-order valence-corrected chi connectivity index (χ2v) is 4.05. The molecule has 0 amide bonds. The van der Waals surface area contributed by atoms with E-state index in [1.54, 1.807) is 18.2 Å². The molecule has 3 heteroatoms. The van der Waals surface area contributed by atoms with Crippen LogP contribution in [0.2, 0.25) is 5.02 Å². The number of hydrogen-bond acceptors (Lipinski definition) is 2. The minimum atomic E-state index is -0.163. The van der Waals surface area contributed by atoms with Gasteiger partial charge in [0, 0.05) is 10.6 Å². The summed E-state index contributed by atoms with van der Waals surface area (Å²) in [5.41, 5.74) is 2.07. The Bertz CT molecular complexity index is 539. The SMILES string of the molecule is Cc1cc(Cl)ccc1C1=CC(=O)C=CC1=O. The lowest BCUT2D eigenvalue weighted by Crippen LogP contribution is -2.07. The van der Waals surface area contributed by atoms with Crippen LogP contribution in [0.1, 0.15) is 11.1 Å². The first-order chi connectivity index (χ1) is 7.58. The second kappa shape index (κ2) is 4.06. The molecule has 80 valence electrons. The summed E-state index contributed by atoms with van der Waals surface area (Å²) >= 11 is 5.84. The van der Waals surface area contributed by atoms with Crippen LogP contribution in [0.4, 0.5) is 0 Å². The van der Waals surface area contributed by atoms with E-state index in [0.29, 0.717) is 10.6 Å². The summed E-state index contributed by atoms with van der Waals surface area (Å²) in [5.74, 6) is -0.311. The van der Waals surface area contributed by atoms with Crippen molar-refractivity contribution >= 4 is 28.7 Å². The van der Waals surface area contributed by atoms with Gasteiger partial charge in [-0.3, -0.25) is 9.59 Å². The summed E-state index contributed by atoms with van der Waals surface area (Å²) in [6.45, 7) is 1.86. The maximum atomic E-state index is 11.6. The van der Waals surface area contributed by atoms with Gasteiger partial charge in [-0.15, -0.1) is 0 Å². The van der Waals surface area contributed by atoms with E-state index in [-0.39, 0.29) is 11.6 Å². The van der Waals surface area contributed by atoms with Gasteiger partial charge in [-0.2, -0.15) is 0 Å². The molecule has 0 heterocycles. The normalized spacial score (nSPS) is 15.2. The molecule has 0 aromatic heterocycles. The van der Waals surface area contributed by atoms with Crippen molar-refractivity contribution in [3.05, 3.63) is 52.6 Å². The lowest BCUT2D eigenvalue weighted by molar-refractivity contribution is -0.113. The fourth-order valence-electron chi connectivity index (χ4n) is 1.65. The Balaban J connectivity index is 2.52. The first-order valence-corrected chi connectivity index (χ1v) is 5.20. The van der Waals surface area contributed by atoms with Crippen LogP contribution >= 0.6 is 11.6 Å². The molecule has 1 aromatic carbocycles. The Hall–Kier alpha value is -1.67. The molecule has 1 aromatic rings. The van der Waals surface area contributed by atoms with Gasteiger partial charge in [0.1, 0.15) is 0 Å². The monoisotopic (exact) mass is 232 g/mol. The first-order valence-electron chi connectivity index (χ1n) is 4.82. The fraction of sp³-hybridized carbons (Fsp3) is 0.0769. The molecule has 1 aliphatic carbocycles. The van der Waals surface area contributed by atoms with Gasteiger partial charge in [-0.05, 0) is 48.4 Å². The van der Waals surface area contributed by atoms with E-state index in [1.165, 1.54) is 18.2 Å². The van der Waals surface area contributed by atoms with Crippen molar-refractivity contribution in [3.8, 4) is 0 Å². The average molecular weight is 233 g/mol. The van der Waals surface area contributed by atoms with Crippen LogP contribution in [0.25, 0.3) is 5.57 Å². The molecule has 0 saturated heterocycles. The Labute approximate surface area is 98.2 Å². The van der Waals surface area contributed by atoms with Crippen LogP contribution in [-0.2, 0) is 9.59 Å². The molecule has 0 unspecified atom stereocenters. The number of carbonyl (C=O) groups is 2. The van der Waals surface area contributed by atoms with Crippen molar-refractivity contribution in [2.75, 3.05) is 0 Å². The predicted octanol–water partition coefficient (Wildman–Crippen LogP) is 2.74. The zero-order valence-electron chi connectivity index (χ0n) is 8.66. The molecule has 0 atom stereocenters. The van der Waals surface area contributed by atoms with Crippen molar-refractivity contribution in [1.29, 1.82) is 0 Å². The molecule has 0 spiro atoms. The Morgan fingerprint density at radius 3 is 2.56 bits per heavy atom. The zero-order chi connectivity index (χ0) is 11.7. The zero-order valence-corrected chi connectivity index (χ0v) is 9.41. The molecule has 16 heavy (non-hydrogen) atoms. The number of benzene rings is 1. The molecular weight excluding hydrogens is 224 g/mol. The highest BCUT2D eigenvalue weighted by Gasteiger charge is 2.16. The van der Waals surface area contributed by atoms with Gasteiger partial charge in [0.15, 0.2) is 11.6 Å². The summed E-state index contributed by atoms with van der Waals surface area (Å²) in [6.07, 6.45) is 3.93. The van der Waals surface area contributed by atoms with Crippen molar-refractivity contribution in [2.45, 2.75) is 6.92 Å². The van der Waals surface area contributed by atoms with Crippen LogP contribution in [0.5, 0.6) is 0 Å². The molecule has 2 rings (SSSR count). The van der Waals surface area contributed by atoms with Crippen LogP contribution in [-0.4, -0.2) is 11.6 Å². The van der Waals surface area contributed by atoms with Crippen molar-refractivity contribution in [3.63, 3.8) is 0 Å². The molecule has 1 aliphatic rings. The maximum Gasteiger partial charge on any atom is 0.186 e. The number of rotatable bonds is 1. The van der Waals surface area contributed by atoms with Crippen molar-refractivity contribution in [1.82, 2.24) is 0 Å². The van der Waals surface area contributed by atoms with E-state index in [1.807, 2.05) is 6.92 Å². The lowest BCUT2D eigenvalue weighted by Gasteiger charge is -2.10. The predicted molar refractivity (Wildman–Crippen MR) is 63.3 cm³/mol. The molecule has 2 nitrogen and oxygen atoms in total. The highest BCUT2D eigenvalue weighted by molar-refractivity contribution is 6.34. The number of carbonyl (C=O) groups excluding carboxylic acids is 2. The Kier molecular flexibility index (Phi) is 2.75. The number of ketones is 2. The van der Waals surface area contributed by atoms with Gasteiger partial charge >= 0.3 is 0 Å². The second-order valence-electron chi connectivity index (χ2n) is 3.62. The average Bonchev–Trinajstić information content (AvgIpc) is 2.22. The molecular formula is C13H9ClO2. The highest BCUT2D eigenvalue weighted by Crippen LogP contribution is 2.24. The first kappa shape index (κ1) is 10.8. The van der Waals surface area contributed by atoms with Gasteiger partial charge in [-0.25, -0.2) is 0 Å². The summed E-state index contributed by atoms with van der Waals surface area (Å²) < 4.78 is 0. The minimum Gasteiger partial charge on any atom is -0.290 e. The summed E-state index contributed by atoms with van der Waals surface area (Å²) in [5, 5.41) is 0.618. The van der Waals surface area contributed by atoms with Crippen LogP contribution < -0.4 is 0 Å². The topological polar surface area (TPSA) is 34.1 Å². The highest BCUT2D eigenvalue weighted by atomic mass is 35.5. The summed E-state index contributed by atoms with van der Waals surface area (Å²) in [6, 6.07) is 5.24. The lowest BCUT2D eigenvalue weighted by atomic mass is 9.93. The van der Waals surface area contributed by atoms with Gasteiger partial charge in [0.25, 0.3) is 0 Å². The summed E-state index contributed by atoms with van der Waals surface area (Å²) in [7, 11) is 0. The molecule has 0 bridgehead atoms. The van der Waals surface area contributed by atoms with Crippen LogP contribution in [0.15, 0.2) is 36.4 Å². The Morgan fingerprint density at radius 2 is 1.88 bits per heavy atom. The number of aryl methyl sites for hydroxylation is 1. The fourth-order valence-corrected chi connectivity index (χ4v) is 1.88. The van der Waals surface area contributed by atoms with Gasteiger partial charge in [0.05, 0.1) is 0 Å². The minimum absolute atomic E-state index is 0.148. The van der Waals surface area contributed by atoms with Gasteiger partial charge < -0.3 is 0 Å². The van der Waals surface area contributed by atoms with Crippen molar-refractivity contribution < 1.29 is 9.59 Å². The summed E-state index contributed by atoms with van der Waals surface area (Å²) in [4.78, 5) is 22.9. The maximum absolute atomic E-state index is 11.6. The molecule has 0 radical (unpaired) electrons.